The summed E-state index contributed by atoms with van der Waals surface area (Å²) in [5.41, 5.74) is 2.31. The zero-order chi connectivity index (χ0) is 12.3. The molecule has 1 aromatic carbocycles. The van der Waals surface area contributed by atoms with E-state index in [1.807, 2.05) is 30.4 Å². The van der Waals surface area contributed by atoms with Gasteiger partial charge in [-0.1, -0.05) is 42.5 Å². The molecule has 0 bridgehead atoms. The van der Waals surface area contributed by atoms with E-state index in [2.05, 4.69) is 34.1 Å². The Kier molecular flexibility index (Phi) is 3.48. The number of ether oxygens (including phenoxy) is 1. The van der Waals surface area contributed by atoms with Crippen molar-refractivity contribution in [2.75, 3.05) is 0 Å². The number of carbonyl (C=O) groups excluding carboxylic acids is 1. The smallest absolute Gasteiger partial charge is 0.304 e. The third-order valence-corrected chi connectivity index (χ3v) is 3.28. The Labute approximate surface area is 109 Å². The van der Waals surface area contributed by atoms with Gasteiger partial charge in [-0.3, -0.25) is 4.79 Å². The average molecular weight is 293 g/mol. The average Bonchev–Trinajstić information content (AvgIpc) is 2.29. The van der Waals surface area contributed by atoms with E-state index in [-0.39, 0.29) is 5.97 Å². The third kappa shape index (κ3) is 3.07. The Morgan fingerprint density at radius 3 is 2.59 bits per heavy atom. The fraction of sp³-hybridized carbons (Fsp3) is 0.214. The molecule has 0 aromatic heterocycles. The monoisotopic (exact) mass is 292 g/mol. The van der Waals surface area contributed by atoms with Crippen molar-refractivity contribution in [3.8, 4) is 0 Å². The molecular formula is C14H13BrO2. The summed E-state index contributed by atoms with van der Waals surface area (Å²) in [7, 11) is 0. The van der Waals surface area contributed by atoms with Crippen molar-refractivity contribution in [2.45, 2.75) is 17.9 Å². The van der Waals surface area contributed by atoms with E-state index < -0.39 is 4.51 Å². The van der Waals surface area contributed by atoms with Crippen LogP contribution in [0.4, 0.5) is 0 Å². The van der Waals surface area contributed by atoms with E-state index in [1.165, 1.54) is 12.5 Å². The van der Waals surface area contributed by atoms with Crippen molar-refractivity contribution in [2.24, 2.45) is 0 Å². The standard InChI is InChI=1S/C14H13BrO2/c1-11(16)17-14(15)9-7-13(8-10-14)12-5-3-2-4-6-12/h2-9H,10H2,1H3. The minimum atomic E-state index is -0.683. The number of esters is 1. The Morgan fingerprint density at radius 2 is 2.06 bits per heavy atom. The fourth-order valence-corrected chi connectivity index (χ4v) is 2.28. The van der Waals surface area contributed by atoms with Crippen LogP contribution in [0.3, 0.4) is 0 Å². The predicted octanol–water partition coefficient (Wildman–Crippen LogP) is 3.68. The van der Waals surface area contributed by atoms with Crippen LogP contribution >= 0.6 is 15.9 Å². The molecule has 1 aromatic rings. The van der Waals surface area contributed by atoms with E-state index in [1.54, 1.807) is 0 Å². The molecule has 2 rings (SSSR count). The van der Waals surface area contributed by atoms with E-state index >= 15 is 0 Å². The number of halogens is 1. The van der Waals surface area contributed by atoms with Gasteiger partial charge < -0.3 is 4.74 Å². The Morgan fingerprint density at radius 1 is 1.35 bits per heavy atom. The molecule has 1 aliphatic carbocycles. The van der Waals surface area contributed by atoms with Crippen molar-refractivity contribution >= 4 is 27.5 Å². The molecule has 3 heteroatoms. The second-order valence-electron chi connectivity index (χ2n) is 3.94. The fourth-order valence-electron chi connectivity index (χ4n) is 1.76. The number of rotatable bonds is 2. The third-order valence-electron chi connectivity index (χ3n) is 2.53. The molecule has 0 N–H and O–H groups in total. The van der Waals surface area contributed by atoms with Crippen LogP contribution in [-0.2, 0) is 9.53 Å². The number of carbonyl (C=O) groups is 1. The molecule has 2 nitrogen and oxygen atoms in total. The molecule has 1 aliphatic rings. The van der Waals surface area contributed by atoms with Crippen molar-refractivity contribution in [3.63, 3.8) is 0 Å². The number of allylic oxidation sites excluding steroid dienone is 2. The molecular weight excluding hydrogens is 280 g/mol. The van der Waals surface area contributed by atoms with Crippen LogP contribution in [0.25, 0.3) is 5.57 Å². The van der Waals surface area contributed by atoms with Gasteiger partial charge >= 0.3 is 5.97 Å². The van der Waals surface area contributed by atoms with Gasteiger partial charge in [0.15, 0.2) is 4.51 Å². The summed E-state index contributed by atoms with van der Waals surface area (Å²) in [4.78, 5) is 11.0. The summed E-state index contributed by atoms with van der Waals surface area (Å²) in [6.07, 6.45) is 6.54. The van der Waals surface area contributed by atoms with E-state index in [9.17, 15) is 4.79 Å². The number of alkyl halides is 1. The first kappa shape index (κ1) is 12.1. The summed E-state index contributed by atoms with van der Waals surface area (Å²) >= 11 is 3.42. The van der Waals surface area contributed by atoms with Gasteiger partial charge in [0, 0.05) is 13.3 Å². The molecule has 0 heterocycles. The van der Waals surface area contributed by atoms with Gasteiger partial charge in [-0.15, -0.1) is 0 Å². The predicted molar refractivity (Wildman–Crippen MR) is 71.6 cm³/mol. The lowest BCUT2D eigenvalue weighted by Gasteiger charge is -2.25. The largest absolute Gasteiger partial charge is 0.443 e. The van der Waals surface area contributed by atoms with Crippen LogP contribution in [0.5, 0.6) is 0 Å². The molecule has 88 valence electrons. The van der Waals surface area contributed by atoms with Crippen LogP contribution in [0, 0.1) is 0 Å². The Hall–Kier alpha value is -1.35. The SMILES string of the molecule is CC(=O)OC1(Br)C=CC(c2ccccc2)=CC1. The summed E-state index contributed by atoms with van der Waals surface area (Å²) in [6.45, 7) is 1.41. The van der Waals surface area contributed by atoms with Crippen LogP contribution < -0.4 is 0 Å². The molecule has 0 saturated heterocycles. The van der Waals surface area contributed by atoms with Gasteiger partial charge in [0.1, 0.15) is 0 Å². The van der Waals surface area contributed by atoms with E-state index in [0.29, 0.717) is 6.42 Å². The van der Waals surface area contributed by atoms with Gasteiger partial charge in [-0.25, -0.2) is 0 Å². The van der Waals surface area contributed by atoms with E-state index in [0.717, 1.165) is 5.57 Å². The van der Waals surface area contributed by atoms with Crippen LogP contribution in [0.2, 0.25) is 0 Å². The summed E-state index contributed by atoms with van der Waals surface area (Å²) in [5, 5.41) is 0. The van der Waals surface area contributed by atoms with E-state index in [4.69, 9.17) is 4.74 Å². The molecule has 0 saturated carbocycles. The van der Waals surface area contributed by atoms with Gasteiger partial charge in [0.2, 0.25) is 0 Å². The van der Waals surface area contributed by atoms with Gasteiger partial charge in [-0.05, 0) is 33.1 Å². The molecule has 0 radical (unpaired) electrons. The number of hydrogen-bond acceptors (Lipinski definition) is 2. The first-order valence-corrected chi connectivity index (χ1v) is 6.22. The topological polar surface area (TPSA) is 26.3 Å². The number of hydrogen-bond donors (Lipinski definition) is 0. The van der Waals surface area contributed by atoms with Crippen molar-refractivity contribution in [1.29, 1.82) is 0 Å². The van der Waals surface area contributed by atoms with Crippen molar-refractivity contribution < 1.29 is 9.53 Å². The Balaban J connectivity index is 2.14. The first-order chi connectivity index (χ1) is 8.09. The van der Waals surface area contributed by atoms with Crippen LogP contribution in [0.1, 0.15) is 18.9 Å². The zero-order valence-corrected chi connectivity index (χ0v) is 11.1. The zero-order valence-electron chi connectivity index (χ0n) is 9.52. The lowest BCUT2D eigenvalue weighted by Crippen LogP contribution is -2.25. The maximum absolute atomic E-state index is 11.0. The van der Waals surface area contributed by atoms with Gasteiger partial charge in [0.25, 0.3) is 0 Å². The molecule has 0 fully saturated rings. The molecule has 1 atom stereocenters. The van der Waals surface area contributed by atoms with Crippen molar-refractivity contribution in [3.05, 3.63) is 54.1 Å². The highest BCUT2D eigenvalue weighted by Gasteiger charge is 2.28. The molecule has 0 aliphatic heterocycles. The second kappa shape index (κ2) is 4.88. The van der Waals surface area contributed by atoms with Crippen LogP contribution in [-0.4, -0.2) is 10.5 Å². The summed E-state index contributed by atoms with van der Waals surface area (Å²) in [5.74, 6) is -0.289. The number of benzene rings is 1. The molecule has 0 spiro atoms. The van der Waals surface area contributed by atoms with Gasteiger partial charge in [0.05, 0.1) is 0 Å². The second-order valence-corrected chi connectivity index (χ2v) is 5.29. The normalized spacial score (nSPS) is 23.1. The maximum Gasteiger partial charge on any atom is 0.304 e. The van der Waals surface area contributed by atoms with Crippen LogP contribution in [0.15, 0.2) is 48.6 Å². The highest BCUT2D eigenvalue weighted by atomic mass is 79.9. The summed E-state index contributed by atoms with van der Waals surface area (Å²) < 4.78 is 4.53. The minimum Gasteiger partial charge on any atom is -0.443 e. The molecule has 1 unspecified atom stereocenters. The molecule has 0 amide bonds. The molecule has 17 heavy (non-hydrogen) atoms. The maximum atomic E-state index is 11.0. The highest BCUT2D eigenvalue weighted by Crippen LogP contribution is 2.34. The highest BCUT2D eigenvalue weighted by molar-refractivity contribution is 9.10. The lowest BCUT2D eigenvalue weighted by molar-refractivity contribution is -0.145. The Bertz CT molecular complexity index is 476. The first-order valence-electron chi connectivity index (χ1n) is 5.42. The minimum absolute atomic E-state index is 0.289. The quantitative estimate of drug-likeness (QED) is 0.614. The lowest BCUT2D eigenvalue weighted by atomic mass is 9.98. The van der Waals surface area contributed by atoms with Crippen molar-refractivity contribution in [1.82, 2.24) is 0 Å². The van der Waals surface area contributed by atoms with Gasteiger partial charge in [-0.2, -0.15) is 0 Å². The summed E-state index contributed by atoms with van der Waals surface area (Å²) in [6, 6.07) is 10.1.